The van der Waals surface area contributed by atoms with E-state index in [1.165, 1.54) is 0 Å². The molecule has 0 aliphatic carbocycles. The molecular weight excluding hydrogens is 350 g/mol. The topological polar surface area (TPSA) is 79.5 Å². The van der Waals surface area contributed by atoms with Gasteiger partial charge in [0.1, 0.15) is 0 Å². The molecule has 120 valence electrons. The first kappa shape index (κ1) is 16.9. The van der Waals surface area contributed by atoms with Gasteiger partial charge >= 0.3 is 0 Å². The second kappa shape index (κ2) is 8.26. The zero-order chi connectivity index (χ0) is 15.9. The number of morpholine rings is 1. The van der Waals surface area contributed by atoms with Crippen LogP contribution in [0.1, 0.15) is 12.0 Å². The summed E-state index contributed by atoms with van der Waals surface area (Å²) in [6.07, 6.45) is 0.310. The predicted molar refractivity (Wildman–Crippen MR) is 87.7 cm³/mol. The lowest BCUT2D eigenvalue weighted by Crippen LogP contribution is -2.45. The zero-order valence-electron chi connectivity index (χ0n) is 12.4. The highest BCUT2D eigenvalue weighted by atomic mass is 79.9. The highest BCUT2D eigenvalue weighted by Crippen LogP contribution is 2.19. The van der Waals surface area contributed by atoms with E-state index in [1.807, 2.05) is 25.1 Å². The Morgan fingerprint density at radius 1 is 1.41 bits per heavy atom. The third kappa shape index (κ3) is 5.40. The molecule has 0 saturated carbocycles. The fourth-order valence-corrected chi connectivity index (χ4v) is 2.66. The van der Waals surface area contributed by atoms with E-state index in [1.54, 1.807) is 0 Å². The van der Waals surface area contributed by atoms with Gasteiger partial charge in [0.05, 0.1) is 19.8 Å². The van der Waals surface area contributed by atoms with Gasteiger partial charge in [0.25, 0.3) is 0 Å². The molecule has 0 radical (unpaired) electrons. The number of aryl methyl sites for hydroxylation is 1. The number of hydrogen-bond acceptors (Lipinski definition) is 4. The minimum absolute atomic E-state index is 0.0190. The molecule has 2 amide bonds. The predicted octanol–water partition coefficient (Wildman–Crippen LogP) is 1.19. The van der Waals surface area contributed by atoms with Crippen LogP contribution in [0, 0.1) is 6.92 Å². The minimum Gasteiger partial charge on any atom is -0.378 e. The number of hydrogen-bond donors (Lipinski definition) is 3. The van der Waals surface area contributed by atoms with Gasteiger partial charge in [-0.2, -0.15) is 0 Å². The van der Waals surface area contributed by atoms with E-state index in [-0.39, 0.29) is 24.4 Å². The average Bonchev–Trinajstić information content (AvgIpc) is 2.49. The van der Waals surface area contributed by atoms with Crippen LogP contribution >= 0.6 is 15.9 Å². The van der Waals surface area contributed by atoms with Crippen LogP contribution in [0.15, 0.2) is 22.7 Å². The van der Waals surface area contributed by atoms with E-state index in [0.29, 0.717) is 19.6 Å². The summed E-state index contributed by atoms with van der Waals surface area (Å²) >= 11 is 3.37. The third-order valence-corrected chi connectivity index (χ3v) is 3.83. The Morgan fingerprint density at radius 3 is 2.91 bits per heavy atom. The monoisotopic (exact) mass is 369 g/mol. The van der Waals surface area contributed by atoms with Crippen LogP contribution in [0.3, 0.4) is 0 Å². The Kier molecular flexibility index (Phi) is 6.35. The van der Waals surface area contributed by atoms with Crippen LogP contribution in [-0.2, 0) is 14.3 Å². The number of carbonyl (C=O) groups excluding carboxylic acids is 2. The van der Waals surface area contributed by atoms with Gasteiger partial charge in [-0.1, -0.05) is 15.9 Å². The summed E-state index contributed by atoms with van der Waals surface area (Å²) in [6, 6.07) is 5.62. The maximum Gasteiger partial charge on any atom is 0.243 e. The lowest BCUT2D eigenvalue weighted by Gasteiger charge is -2.23. The molecule has 1 aromatic rings. The molecule has 1 atom stereocenters. The standard InChI is InChI=1S/C15H20BrN3O3/c1-10-6-11(16)2-3-13(10)19-15(21)8-18-14(20)7-12-9-22-5-4-17-12/h2-3,6,12,17H,4-5,7-9H2,1H3,(H,18,20)(H,19,21). The van der Waals surface area contributed by atoms with Gasteiger partial charge < -0.3 is 20.7 Å². The van der Waals surface area contributed by atoms with Crippen molar-refractivity contribution in [3.05, 3.63) is 28.2 Å². The minimum atomic E-state index is -0.244. The number of carbonyl (C=O) groups is 2. The first-order valence-corrected chi connectivity index (χ1v) is 7.97. The van der Waals surface area contributed by atoms with Crippen molar-refractivity contribution in [3.63, 3.8) is 0 Å². The highest BCUT2D eigenvalue weighted by molar-refractivity contribution is 9.10. The lowest BCUT2D eigenvalue weighted by molar-refractivity contribution is -0.125. The van der Waals surface area contributed by atoms with E-state index >= 15 is 0 Å². The number of benzene rings is 1. The molecule has 1 aliphatic rings. The van der Waals surface area contributed by atoms with E-state index in [4.69, 9.17) is 4.74 Å². The Morgan fingerprint density at radius 2 is 2.23 bits per heavy atom. The van der Waals surface area contributed by atoms with Crippen molar-refractivity contribution >= 4 is 33.4 Å². The summed E-state index contributed by atoms with van der Waals surface area (Å²) in [6.45, 7) is 3.82. The molecule has 6 nitrogen and oxygen atoms in total. The summed E-state index contributed by atoms with van der Waals surface area (Å²) < 4.78 is 6.24. The van der Waals surface area contributed by atoms with Crippen LogP contribution in [0.4, 0.5) is 5.69 Å². The van der Waals surface area contributed by atoms with Gasteiger partial charge in [0.15, 0.2) is 0 Å². The molecule has 3 N–H and O–H groups in total. The Labute approximate surface area is 138 Å². The van der Waals surface area contributed by atoms with E-state index in [9.17, 15) is 9.59 Å². The molecule has 2 rings (SSSR count). The number of rotatable bonds is 5. The fraction of sp³-hybridized carbons (Fsp3) is 0.467. The van der Waals surface area contributed by atoms with Gasteiger partial charge in [-0.25, -0.2) is 0 Å². The molecular formula is C15H20BrN3O3. The second-order valence-electron chi connectivity index (χ2n) is 5.21. The molecule has 1 heterocycles. The molecule has 1 aliphatic heterocycles. The van der Waals surface area contributed by atoms with Crippen molar-refractivity contribution in [2.24, 2.45) is 0 Å². The molecule has 1 aromatic carbocycles. The van der Waals surface area contributed by atoms with Crippen LogP contribution in [0.25, 0.3) is 0 Å². The van der Waals surface area contributed by atoms with Crippen LogP contribution in [-0.4, -0.2) is 44.2 Å². The summed E-state index contributed by atoms with van der Waals surface area (Å²) in [7, 11) is 0. The van der Waals surface area contributed by atoms with E-state index in [2.05, 4.69) is 31.9 Å². The molecule has 0 bridgehead atoms. The number of ether oxygens (including phenoxy) is 1. The normalized spacial score (nSPS) is 17.8. The van der Waals surface area contributed by atoms with E-state index < -0.39 is 0 Å². The Hall–Kier alpha value is -1.44. The maximum absolute atomic E-state index is 11.9. The molecule has 7 heteroatoms. The SMILES string of the molecule is Cc1cc(Br)ccc1NC(=O)CNC(=O)CC1COCCN1. The van der Waals surface area contributed by atoms with Gasteiger partial charge in [-0.3, -0.25) is 9.59 Å². The van der Waals surface area contributed by atoms with Gasteiger partial charge in [0, 0.05) is 29.2 Å². The number of nitrogens with one attached hydrogen (secondary N) is 3. The first-order valence-electron chi connectivity index (χ1n) is 7.18. The third-order valence-electron chi connectivity index (χ3n) is 3.34. The summed E-state index contributed by atoms with van der Waals surface area (Å²) in [5, 5.41) is 8.61. The van der Waals surface area contributed by atoms with Crippen LogP contribution < -0.4 is 16.0 Å². The largest absolute Gasteiger partial charge is 0.378 e. The van der Waals surface area contributed by atoms with Crippen molar-refractivity contribution < 1.29 is 14.3 Å². The second-order valence-corrected chi connectivity index (χ2v) is 6.13. The average molecular weight is 370 g/mol. The summed E-state index contributed by atoms with van der Waals surface area (Å²) in [4.78, 5) is 23.7. The zero-order valence-corrected chi connectivity index (χ0v) is 14.0. The molecule has 1 unspecified atom stereocenters. The van der Waals surface area contributed by atoms with Crippen molar-refractivity contribution in [1.29, 1.82) is 0 Å². The van der Waals surface area contributed by atoms with Crippen molar-refractivity contribution in [3.8, 4) is 0 Å². The summed E-state index contributed by atoms with van der Waals surface area (Å²) in [5.41, 5.74) is 1.70. The van der Waals surface area contributed by atoms with Crippen molar-refractivity contribution in [2.75, 3.05) is 31.6 Å². The maximum atomic E-state index is 11.9. The van der Waals surface area contributed by atoms with Crippen molar-refractivity contribution in [1.82, 2.24) is 10.6 Å². The Bertz CT molecular complexity index is 545. The van der Waals surface area contributed by atoms with Crippen molar-refractivity contribution in [2.45, 2.75) is 19.4 Å². The van der Waals surface area contributed by atoms with E-state index in [0.717, 1.165) is 22.3 Å². The molecule has 0 aromatic heterocycles. The lowest BCUT2D eigenvalue weighted by atomic mass is 10.2. The van der Waals surface area contributed by atoms with Gasteiger partial charge in [-0.15, -0.1) is 0 Å². The molecule has 22 heavy (non-hydrogen) atoms. The molecule has 1 fully saturated rings. The van der Waals surface area contributed by atoms with Gasteiger partial charge in [-0.05, 0) is 30.7 Å². The van der Waals surface area contributed by atoms with Crippen LogP contribution in [0.2, 0.25) is 0 Å². The number of anilines is 1. The quantitative estimate of drug-likeness (QED) is 0.728. The first-order chi connectivity index (χ1) is 10.5. The van der Waals surface area contributed by atoms with Gasteiger partial charge in [0.2, 0.25) is 11.8 Å². The fourth-order valence-electron chi connectivity index (χ4n) is 2.19. The van der Waals surface area contributed by atoms with Crippen LogP contribution in [0.5, 0.6) is 0 Å². The summed E-state index contributed by atoms with van der Waals surface area (Å²) in [5.74, 6) is -0.405. The molecule has 1 saturated heterocycles. The number of amides is 2. The Balaban J connectivity index is 1.73. The highest BCUT2D eigenvalue weighted by Gasteiger charge is 2.17. The molecule has 0 spiro atoms. The smallest absolute Gasteiger partial charge is 0.243 e. The number of halogens is 1.